The first-order valence-electron chi connectivity index (χ1n) is 20.5. The summed E-state index contributed by atoms with van der Waals surface area (Å²) in [5.74, 6) is 0.835. The Morgan fingerprint density at radius 2 is 1.22 bits per heavy atom. The molecule has 3 heterocycles. The van der Waals surface area contributed by atoms with E-state index in [0.29, 0.717) is 11.4 Å². The van der Waals surface area contributed by atoms with E-state index in [0.717, 1.165) is 77.7 Å². The molecule has 0 saturated carbocycles. The van der Waals surface area contributed by atoms with Gasteiger partial charge in [-0.2, -0.15) is 0 Å². The van der Waals surface area contributed by atoms with Crippen LogP contribution in [0.15, 0.2) is 180 Å². The van der Waals surface area contributed by atoms with E-state index in [2.05, 4.69) is 167 Å². The van der Waals surface area contributed by atoms with Crippen molar-refractivity contribution in [3.8, 4) is 56.3 Å². The fraction of sp³-hybridized carbons (Fsp3) is 0.127. The zero-order chi connectivity index (χ0) is 41.2. The summed E-state index contributed by atoms with van der Waals surface area (Å²) < 4.78 is 8.41. The molecule has 0 fully saturated rings. The van der Waals surface area contributed by atoms with Gasteiger partial charge in [0.05, 0.1) is 34.2 Å². The summed E-state index contributed by atoms with van der Waals surface area (Å²) in [6.45, 7) is 11.3. The summed E-state index contributed by atoms with van der Waals surface area (Å²) in [7, 11) is 0. The molecule has 10 aromatic rings. The molecule has 10 rings (SSSR count). The average Bonchev–Trinajstić information content (AvgIpc) is 3.85. The second-order valence-electron chi connectivity index (χ2n) is 17.3. The molecule has 5 nitrogen and oxygen atoms in total. The Bertz CT molecular complexity index is 3220. The van der Waals surface area contributed by atoms with Crippen LogP contribution in [0.3, 0.4) is 0 Å². The first kappa shape index (κ1) is 37.1. The van der Waals surface area contributed by atoms with Crippen molar-refractivity contribution in [2.75, 3.05) is 0 Å². The predicted octanol–water partition coefficient (Wildman–Crippen LogP) is 14.3. The largest absolute Gasteiger partial charge is 0.507 e. The molecule has 0 spiro atoms. The summed E-state index contributed by atoms with van der Waals surface area (Å²) >= 11 is 0. The van der Waals surface area contributed by atoms with Gasteiger partial charge >= 0.3 is 0 Å². The van der Waals surface area contributed by atoms with Crippen molar-refractivity contribution in [1.29, 1.82) is 0 Å². The number of nitrogens with zero attached hydrogens (tertiary/aromatic N) is 3. The summed E-state index contributed by atoms with van der Waals surface area (Å²) in [5, 5.41) is 13.5. The number of benzene rings is 7. The lowest BCUT2D eigenvalue weighted by Crippen LogP contribution is -2.19. The Labute approximate surface area is 350 Å². The quantitative estimate of drug-likeness (QED) is 0.175. The van der Waals surface area contributed by atoms with Crippen LogP contribution in [0, 0.1) is 0 Å². The lowest BCUT2D eigenvalue weighted by atomic mass is 9.76. The van der Waals surface area contributed by atoms with E-state index < -0.39 is 0 Å². The number of para-hydroxylation sites is 3. The van der Waals surface area contributed by atoms with Crippen LogP contribution in [0.4, 0.5) is 0 Å². The number of aromatic nitrogens is 3. The van der Waals surface area contributed by atoms with Gasteiger partial charge in [0.25, 0.3) is 0 Å². The van der Waals surface area contributed by atoms with Gasteiger partial charge in [-0.05, 0) is 87.8 Å². The van der Waals surface area contributed by atoms with Gasteiger partial charge in [-0.1, -0.05) is 150 Å². The Balaban J connectivity index is 1.25. The number of imidazole rings is 1. The van der Waals surface area contributed by atoms with E-state index in [-0.39, 0.29) is 16.6 Å². The van der Waals surface area contributed by atoms with Crippen molar-refractivity contribution in [1.82, 2.24) is 14.5 Å². The lowest BCUT2D eigenvalue weighted by molar-refractivity contribution is 0.477. The molecule has 0 atom stereocenters. The van der Waals surface area contributed by atoms with Crippen LogP contribution in [-0.4, -0.2) is 19.6 Å². The van der Waals surface area contributed by atoms with Crippen molar-refractivity contribution in [2.45, 2.75) is 45.4 Å². The number of aromatic hydroxyl groups is 1. The van der Waals surface area contributed by atoms with E-state index in [9.17, 15) is 5.11 Å². The number of fused-ring (bicyclic) bond motifs is 4. The SMILES string of the molecule is CC(C)(C)c1ccc(-n2c(-c3ccccc3O)nc3c(-c4cc(-c5cc6c(cn5)oc5ccccc56)cc(C(C)(C)c5ccccc5)c4)cccc32)c(-c2ccccc2)c1. The zero-order valence-electron chi connectivity index (χ0n) is 34.4. The minimum atomic E-state index is -0.341. The average molecular weight is 780 g/mol. The van der Waals surface area contributed by atoms with E-state index in [1.54, 1.807) is 6.07 Å². The highest BCUT2D eigenvalue weighted by atomic mass is 16.3. The van der Waals surface area contributed by atoms with E-state index in [1.807, 2.05) is 42.6 Å². The second kappa shape index (κ2) is 14.2. The molecule has 60 heavy (non-hydrogen) atoms. The molecule has 292 valence electrons. The molecule has 7 aromatic carbocycles. The minimum absolute atomic E-state index is 0.0624. The summed E-state index contributed by atoms with van der Waals surface area (Å²) in [5.41, 5.74) is 14.3. The fourth-order valence-electron chi connectivity index (χ4n) is 8.57. The maximum absolute atomic E-state index is 11.4. The second-order valence-corrected chi connectivity index (χ2v) is 17.3. The molecular weight excluding hydrogens is 735 g/mol. The van der Waals surface area contributed by atoms with Crippen LogP contribution < -0.4 is 0 Å². The lowest BCUT2D eigenvalue weighted by Gasteiger charge is -2.27. The van der Waals surface area contributed by atoms with E-state index >= 15 is 0 Å². The topological polar surface area (TPSA) is 64.1 Å². The van der Waals surface area contributed by atoms with Crippen molar-refractivity contribution in [2.24, 2.45) is 0 Å². The molecule has 0 aliphatic heterocycles. The standard InChI is InChI=1S/C55H45N3O2/c1-54(2,3)39-27-28-47(44(32-39)35-17-8-6-9-18-35)58-48-24-16-23-41(52(48)57-53(58)43-22-12-14-25-49(43)59)36-29-37(31-40(30-36)55(4,5)38-19-10-7-11-20-38)46-33-45-42-21-13-15-26-50(42)60-51(45)34-56-46/h6-34,59H,1-5H3. The third-order valence-electron chi connectivity index (χ3n) is 12.0. The fourth-order valence-corrected chi connectivity index (χ4v) is 8.57. The highest BCUT2D eigenvalue weighted by Crippen LogP contribution is 2.43. The number of hydrogen-bond acceptors (Lipinski definition) is 4. The van der Waals surface area contributed by atoms with Gasteiger partial charge in [-0.3, -0.25) is 9.55 Å². The zero-order valence-corrected chi connectivity index (χ0v) is 34.4. The number of phenolic OH excluding ortho intramolecular Hbond substituents is 1. The van der Waals surface area contributed by atoms with Gasteiger partial charge in [0.15, 0.2) is 5.58 Å². The minimum Gasteiger partial charge on any atom is -0.507 e. The molecule has 0 amide bonds. The Hall–Kier alpha value is -7.24. The summed E-state index contributed by atoms with van der Waals surface area (Å²) in [4.78, 5) is 10.5. The third kappa shape index (κ3) is 6.34. The van der Waals surface area contributed by atoms with Gasteiger partial charge in [-0.15, -0.1) is 0 Å². The van der Waals surface area contributed by atoms with Gasteiger partial charge in [0.2, 0.25) is 0 Å². The Morgan fingerprint density at radius 3 is 2.00 bits per heavy atom. The molecule has 1 N–H and O–H groups in total. The number of hydrogen-bond donors (Lipinski definition) is 1. The third-order valence-corrected chi connectivity index (χ3v) is 12.0. The van der Waals surface area contributed by atoms with Gasteiger partial charge in [-0.25, -0.2) is 4.98 Å². The van der Waals surface area contributed by atoms with Crippen LogP contribution in [0.2, 0.25) is 0 Å². The van der Waals surface area contributed by atoms with Crippen molar-refractivity contribution in [3.63, 3.8) is 0 Å². The Kier molecular flexibility index (Phi) is 8.80. The highest BCUT2D eigenvalue weighted by molar-refractivity contribution is 6.06. The molecule has 5 heteroatoms. The molecule has 0 bridgehead atoms. The monoisotopic (exact) mass is 779 g/mol. The number of phenols is 1. The predicted molar refractivity (Wildman–Crippen MR) is 247 cm³/mol. The first-order chi connectivity index (χ1) is 29.0. The van der Waals surface area contributed by atoms with Crippen molar-refractivity contribution >= 4 is 33.0 Å². The highest BCUT2D eigenvalue weighted by Gasteiger charge is 2.27. The molecule has 0 aliphatic rings. The molecule has 0 unspecified atom stereocenters. The Morgan fingerprint density at radius 1 is 0.517 bits per heavy atom. The molecular formula is C55H45N3O2. The summed E-state index contributed by atoms with van der Waals surface area (Å²) in [6.07, 6.45) is 1.84. The maximum Gasteiger partial charge on any atom is 0.153 e. The van der Waals surface area contributed by atoms with E-state index in [1.165, 1.54) is 11.1 Å². The van der Waals surface area contributed by atoms with Crippen LogP contribution >= 0.6 is 0 Å². The molecule has 0 aliphatic carbocycles. The van der Waals surface area contributed by atoms with Crippen molar-refractivity contribution < 1.29 is 9.52 Å². The van der Waals surface area contributed by atoms with Gasteiger partial charge in [0, 0.05) is 32.9 Å². The maximum atomic E-state index is 11.4. The van der Waals surface area contributed by atoms with Crippen molar-refractivity contribution in [3.05, 3.63) is 193 Å². The normalized spacial score (nSPS) is 12.2. The van der Waals surface area contributed by atoms with Crippen LogP contribution in [-0.2, 0) is 10.8 Å². The number of rotatable bonds is 7. The molecule has 0 radical (unpaired) electrons. The van der Waals surface area contributed by atoms with Crippen LogP contribution in [0.25, 0.3) is 83.6 Å². The number of pyridine rings is 1. The first-order valence-corrected chi connectivity index (χ1v) is 20.5. The van der Waals surface area contributed by atoms with E-state index in [4.69, 9.17) is 14.4 Å². The van der Waals surface area contributed by atoms with Crippen LogP contribution in [0.5, 0.6) is 5.75 Å². The molecule has 3 aromatic heterocycles. The smallest absolute Gasteiger partial charge is 0.153 e. The summed E-state index contributed by atoms with van der Waals surface area (Å²) in [6, 6.07) is 59.0. The number of furan rings is 1. The van der Waals surface area contributed by atoms with Gasteiger partial charge in [0.1, 0.15) is 17.2 Å². The van der Waals surface area contributed by atoms with Crippen LogP contribution in [0.1, 0.15) is 51.3 Å². The molecule has 0 saturated heterocycles. The van der Waals surface area contributed by atoms with Gasteiger partial charge < -0.3 is 9.52 Å².